The molecule has 2 rings (SSSR count). The summed E-state index contributed by atoms with van der Waals surface area (Å²) in [7, 11) is 0. The number of rotatable bonds is 4. The molecule has 11 heteroatoms. The highest BCUT2D eigenvalue weighted by Crippen LogP contribution is 2.25. The van der Waals surface area contributed by atoms with Crippen molar-refractivity contribution < 1.29 is 31.1 Å². The van der Waals surface area contributed by atoms with Crippen LogP contribution in [-0.4, -0.2) is 55.7 Å². The van der Waals surface area contributed by atoms with Crippen molar-refractivity contribution in [2.45, 2.75) is 12.2 Å². The number of carbonyl (C=O) groups excluding carboxylic acids is 1. The van der Waals surface area contributed by atoms with Crippen LogP contribution in [0.15, 0.2) is 12.1 Å². The molecule has 0 aliphatic carbocycles. The van der Waals surface area contributed by atoms with E-state index < -0.39 is 47.7 Å². The van der Waals surface area contributed by atoms with Crippen LogP contribution in [0.1, 0.15) is 10.4 Å². The number of halogens is 7. The molecule has 1 amide bonds. The average Bonchev–Trinajstić information content (AvgIpc) is 2.52. The van der Waals surface area contributed by atoms with Crippen LogP contribution >= 0.6 is 12.4 Å². The van der Waals surface area contributed by atoms with Crippen LogP contribution in [0, 0.1) is 17.5 Å². The van der Waals surface area contributed by atoms with Gasteiger partial charge in [-0.25, -0.2) is 13.2 Å². The Morgan fingerprint density at radius 3 is 2.32 bits per heavy atom. The summed E-state index contributed by atoms with van der Waals surface area (Å²) in [5, 5.41) is 4.85. The molecule has 0 aromatic heterocycles. The minimum atomic E-state index is -4.60. The zero-order valence-corrected chi connectivity index (χ0v) is 13.6. The Labute approximate surface area is 146 Å². The summed E-state index contributed by atoms with van der Waals surface area (Å²) in [6.45, 7) is 0.205. The van der Waals surface area contributed by atoms with Crippen molar-refractivity contribution in [1.82, 2.24) is 15.5 Å². The summed E-state index contributed by atoms with van der Waals surface area (Å²) in [6, 6.07) is -0.738. The smallest absolute Gasteiger partial charge is 0.350 e. The van der Waals surface area contributed by atoms with Crippen molar-refractivity contribution in [3.8, 4) is 0 Å². The Bertz CT molecular complexity index is 607. The molecular formula is C14H16ClF6N3O. The van der Waals surface area contributed by atoms with E-state index in [1.807, 2.05) is 5.32 Å². The molecule has 25 heavy (non-hydrogen) atoms. The monoisotopic (exact) mass is 391 g/mol. The van der Waals surface area contributed by atoms with Gasteiger partial charge in [-0.3, -0.25) is 9.69 Å². The largest absolute Gasteiger partial charge is 0.405 e. The maximum absolute atomic E-state index is 13.5. The molecule has 1 aromatic rings. The van der Waals surface area contributed by atoms with Gasteiger partial charge in [0.2, 0.25) is 0 Å². The van der Waals surface area contributed by atoms with Crippen LogP contribution in [0.3, 0.4) is 0 Å². The molecule has 0 saturated carbocycles. The van der Waals surface area contributed by atoms with E-state index in [0.29, 0.717) is 25.2 Å². The highest BCUT2D eigenvalue weighted by Gasteiger charge is 2.43. The molecule has 1 fully saturated rings. The second-order valence-corrected chi connectivity index (χ2v) is 5.28. The van der Waals surface area contributed by atoms with Crippen LogP contribution in [0.2, 0.25) is 0 Å². The third-order valence-electron chi connectivity index (χ3n) is 3.71. The van der Waals surface area contributed by atoms with Crippen LogP contribution in [0.4, 0.5) is 26.3 Å². The van der Waals surface area contributed by atoms with Gasteiger partial charge in [-0.2, -0.15) is 13.2 Å². The maximum Gasteiger partial charge on any atom is 0.405 e. The lowest BCUT2D eigenvalue weighted by atomic mass is 10.1. The maximum atomic E-state index is 13.5. The molecule has 0 radical (unpaired) electrons. The van der Waals surface area contributed by atoms with Gasteiger partial charge in [0.25, 0.3) is 5.91 Å². The lowest BCUT2D eigenvalue weighted by molar-refractivity contribution is -0.183. The van der Waals surface area contributed by atoms with E-state index in [4.69, 9.17) is 0 Å². The van der Waals surface area contributed by atoms with Gasteiger partial charge in [-0.15, -0.1) is 12.4 Å². The zero-order valence-electron chi connectivity index (χ0n) is 12.8. The molecule has 1 heterocycles. The first-order chi connectivity index (χ1) is 11.2. The first kappa shape index (κ1) is 21.5. The van der Waals surface area contributed by atoms with Crippen molar-refractivity contribution in [2.24, 2.45) is 0 Å². The Morgan fingerprint density at radius 2 is 1.76 bits per heavy atom. The minimum absolute atomic E-state index is 0. The van der Waals surface area contributed by atoms with Gasteiger partial charge in [0, 0.05) is 32.7 Å². The molecule has 2 N–H and O–H groups in total. The molecule has 0 bridgehead atoms. The topological polar surface area (TPSA) is 44.4 Å². The predicted molar refractivity (Wildman–Crippen MR) is 80.2 cm³/mol. The van der Waals surface area contributed by atoms with Crippen molar-refractivity contribution in [2.75, 3.05) is 32.7 Å². The lowest BCUT2D eigenvalue weighted by Crippen LogP contribution is -2.57. The van der Waals surface area contributed by atoms with Crippen LogP contribution in [0.5, 0.6) is 0 Å². The van der Waals surface area contributed by atoms with Crippen LogP contribution < -0.4 is 10.6 Å². The van der Waals surface area contributed by atoms with Gasteiger partial charge in [-0.05, 0) is 12.1 Å². The van der Waals surface area contributed by atoms with E-state index in [1.54, 1.807) is 0 Å². The second-order valence-electron chi connectivity index (χ2n) is 5.28. The molecule has 1 aliphatic heterocycles. The van der Waals surface area contributed by atoms with Gasteiger partial charge in [0.05, 0.1) is 5.56 Å². The molecule has 1 atom stereocenters. The van der Waals surface area contributed by atoms with Gasteiger partial charge >= 0.3 is 6.18 Å². The number of piperazine rings is 1. The zero-order chi connectivity index (χ0) is 17.9. The first-order valence-electron chi connectivity index (χ1n) is 7.15. The third-order valence-corrected chi connectivity index (χ3v) is 3.71. The quantitative estimate of drug-likeness (QED) is 0.610. The number of alkyl halides is 3. The Hall–Kier alpha value is -1.52. The molecule has 4 nitrogen and oxygen atoms in total. The first-order valence-corrected chi connectivity index (χ1v) is 7.15. The van der Waals surface area contributed by atoms with Crippen LogP contribution in [0.25, 0.3) is 0 Å². The molecule has 1 aliphatic rings. The van der Waals surface area contributed by atoms with Gasteiger partial charge in [-0.1, -0.05) is 0 Å². The fourth-order valence-electron chi connectivity index (χ4n) is 2.43. The molecule has 1 aromatic carbocycles. The summed E-state index contributed by atoms with van der Waals surface area (Å²) in [5.74, 6) is -6.32. The number of nitrogens with zero attached hydrogens (tertiary/aromatic N) is 1. The summed E-state index contributed by atoms with van der Waals surface area (Å²) in [6.07, 6.45) is -4.60. The van der Waals surface area contributed by atoms with Crippen molar-refractivity contribution >= 4 is 18.3 Å². The Morgan fingerprint density at radius 1 is 1.16 bits per heavy atom. The fraction of sp³-hybridized carbons (Fsp3) is 0.500. The molecule has 142 valence electrons. The van der Waals surface area contributed by atoms with E-state index in [1.165, 1.54) is 0 Å². The number of amides is 1. The van der Waals surface area contributed by atoms with Gasteiger partial charge in [0.15, 0.2) is 17.5 Å². The van der Waals surface area contributed by atoms with Gasteiger partial charge in [0.1, 0.15) is 6.04 Å². The molecule has 0 spiro atoms. The number of hydrogen-bond acceptors (Lipinski definition) is 3. The fourth-order valence-corrected chi connectivity index (χ4v) is 2.43. The van der Waals surface area contributed by atoms with E-state index in [0.717, 1.165) is 4.90 Å². The lowest BCUT2D eigenvalue weighted by Gasteiger charge is -2.35. The summed E-state index contributed by atoms with van der Waals surface area (Å²) in [4.78, 5) is 13.0. The predicted octanol–water partition coefficient (Wildman–Crippen LogP) is 2.09. The minimum Gasteiger partial charge on any atom is -0.350 e. The number of nitrogens with one attached hydrogen (secondary N) is 2. The second kappa shape index (κ2) is 8.72. The molecule has 1 saturated heterocycles. The van der Waals surface area contributed by atoms with E-state index in [2.05, 4.69) is 5.32 Å². The Balaban J connectivity index is 0.00000312. The SMILES string of the molecule is Cl.O=C(NCC(N1CCNCC1)C(F)(F)F)c1ccc(F)c(F)c1F. The number of carbonyl (C=O) groups is 1. The van der Waals surface area contributed by atoms with E-state index in [-0.39, 0.29) is 25.5 Å². The van der Waals surface area contributed by atoms with Crippen LogP contribution in [-0.2, 0) is 0 Å². The normalized spacial score (nSPS) is 16.9. The van der Waals surface area contributed by atoms with Crippen molar-refractivity contribution in [3.63, 3.8) is 0 Å². The van der Waals surface area contributed by atoms with Crippen molar-refractivity contribution in [3.05, 3.63) is 35.1 Å². The molecular weight excluding hydrogens is 376 g/mol. The average molecular weight is 392 g/mol. The summed E-state index contributed by atoms with van der Waals surface area (Å²) in [5.41, 5.74) is -0.852. The highest BCUT2D eigenvalue weighted by atomic mass is 35.5. The highest BCUT2D eigenvalue weighted by molar-refractivity contribution is 5.94. The van der Waals surface area contributed by atoms with E-state index in [9.17, 15) is 31.1 Å². The summed E-state index contributed by atoms with van der Waals surface area (Å²) < 4.78 is 78.9. The third kappa shape index (κ3) is 5.23. The number of hydrogen-bond donors (Lipinski definition) is 2. The van der Waals surface area contributed by atoms with Gasteiger partial charge < -0.3 is 10.6 Å². The Kier molecular flexibility index (Phi) is 7.51. The van der Waals surface area contributed by atoms with E-state index >= 15 is 0 Å². The molecule has 1 unspecified atom stereocenters. The standard InChI is InChI=1S/C14H15F6N3O.ClH/c15-9-2-1-8(11(16)12(9)17)13(24)22-7-10(14(18,19)20)23-5-3-21-4-6-23;/h1-2,10,21H,3-7H2,(H,22,24);1H. The summed E-state index contributed by atoms with van der Waals surface area (Å²) >= 11 is 0. The van der Waals surface area contributed by atoms with Crippen molar-refractivity contribution in [1.29, 1.82) is 0 Å². The number of benzene rings is 1.